The second-order valence-electron chi connectivity index (χ2n) is 5.90. The smallest absolute Gasteiger partial charge is 0.314 e. The van der Waals surface area contributed by atoms with Crippen molar-refractivity contribution in [1.82, 2.24) is 14.6 Å². The van der Waals surface area contributed by atoms with E-state index in [9.17, 15) is 9.59 Å². The molecule has 3 rings (SSSR count). The monoisotopic (exact) mass is 337 g/mol. The van der Waals surface area contributed by atoms with E-state index >= 15 is 0 Å². The summed E-state index contributed by atoms with van der Waals surface area (Å²) < 4.78 is 6.50. The van der Waals surface area contributed by atoms with Crippen molar-refractivity contribution in [3.05, 3.63) is 27.1 Å². The first-order chi connectivity index (χ1) is 11.1. The Morgan fingerprint density at radius 1 is 1.57 bits per heavy atom. The van der Waals surface area contributed by atoms with Crippen LogP contribution in [-0.2, 0) is 16.1 Å². The van der Waals surface area contributed by atoms with Crippen molar-refractivity contribution >= 4 is 22.3 Å². The average molecular weight is 337 g/mol. The highest BCUT2D eigenvalue weighted by Crippen LogP contribution is 2.13. The predicted molar refractivity (Wildman–Crippen MR) is 85.6 cm³/mol. The Morgan fingerprint density at radius 3 is 3.17 bits per heavy atom. The standard InChI is InChI=1S/C15H20N4O3S/c1-3-22-14(21)11-5-4-6-18(8-11)9-12-17-19-13(20)7-10(2)16-15(19)23-12/h7,11H,3-6,8-9H2,1-2H3/p+1/t11-/m1/s1. The molecule has 0 spiro atoms. The Morgan fingerprint density at radius 2 is 2.39 bits per heavy atom. The highest BCUT2D eigenvalue weighted by atomic mass is 32.1. The molecule has 23 heavy (non-hydrogen) atoms. The maximum atomic E-state index is 11.9. The van der Waals surface area contributed by atoms with Crippen LogP contribution >= 0.6 is 11.3 Å². The summed E-state index contributed by atoms with van der Waals surface area (Å²) in [5.74, 6) is -0.126. The van der Waals surface area contributed by atoms with Crippen LogP contribution in [0.5, 0.6) is 0 Å². The number of aromatic nitrogens is 3. The third kappa shape index (κ3) is 3.59. The van der Waals surface area contributed by atoms with Crippen LogP contribution in [0.3, 0.4) is 0 Å². The van der Waals surface area contributed by atoms with E-state index in [2.05, 4.69) is 10.1 Å². The summed E-state index contributed by atoms with van der Waals surface area (Å²) in [5, 5.41) is 5.25. The van der Waals surface area contributed by atoms with Gasteiger partial charge in [0.05, 0.1) is 19.7 Å². The van der Waals surface area contributed by atoms with Crippen molar-refractivity contribution in [1.29, 1.82) is 0 Å². The van der Waals surface area contributed by atoms with Gasteiger partial charge in [0, 0.05) is 11.8 Å². The van der Waals surface area contributed by atoms with Gasteiger partial charge in [-0.2, -0.15) is 9.61 Å². The summed E-state index contributed by atoms with van der Waals surface area (Å²) in [6.45, 7) is 6.54. The second-order valence-corrected chi connectivity index (χ2v) is 6.94. The molecule has 124 valence electrons. The number of carbonyl (C=O) groups excluding carboxylic acids is 1. The molecule has 1 aliphatic heterocycles. The molecule has 2 aromatic rings. The minimum Gasteiger partial charge on any atom is -0.466 e. The lowest BCUT2D eigenvalue weighted by atomic mass is 9.98. The lowest BCUT2D eigenvalue weighted by Gasteiger charge is -2.27. The Hall–Kier alpha value is -1.80. The predicted octanol–water partition coefficient (Wildman–Crippen LogP) is -0.183. The van der Waals surface area contributed by atoms with Crippen LogP contribution in [0.2, 0.25) is 0 Å². The molecule has 0 amide bonds. The third-order valence-electron chi connectivity index (χ3n) is 4.05. The van der Waals surface area contributed by atoms with Crippen LogP contribution in [-0.4, -0.2) is 40.3 Å². The number of nitrogens with zero attached hydrogens (tertiary/aromatic N) is 3. The SMILES string of the molecule is CCOC(=O)[C@@H]1CCC[NH+](Cc2nn3c(=O)cc(C)nc3s2)C1. The fourth-order valence-corrected chi connectivity index (χ4v) is 4.03. The molecular formula is C15H21N4O3S+. The van der Waals surface area contributed by atoms with E-state index < -0.39 is 0 Å². The molecule has 0 bridgehead atoms. The molecule has 2 atom stereocenters. The molecule has 1 unspecified atom stereocenters. The number of quaternary nitrogens is 1. The summed E-state index contributed by atoms with van der Waals surface area (Å²) >= 11 is 1.44. The van der Waals surface area contributed by atoms with Gasteiger partial charge in [0.15, 0.2) is 5.01 Å². The van der Waals surface area contributed by atoms with E-state index in [4.69, 9.17) is 4.74 Å². The van der Waals surface area contributed by atoms with E-state index in [1.54, 1.807) is 6.92 Å². The van der Waals surface area contributed by atoms with Gasteiger partial charge in [-0.1, -0.05) is 11.3 Å². The van der Waals surface area contributed by atoms with Crippen LogP contribution in [0.15, 0.2) is 10.9 Å². The topological polar surface area (TPSA) is 78.0 Å². The summed E-state index contributed by atoms with van der Waals surface area (Å²) in [4.78, 5) is 30.1. The number of fused-ring (bicyclic) bond motifs is 1. The third-order valence-corrected chi connectivity index (χ3v) is 4.96. The fourth-order valence-electron chi connectivity index (χ4n) is 3.02. The van der Waals surface area contributed by atoms with Crippen LogP contribution < -0.4 is 10.5 Å². The summed E-state index contributed by atoms with van der Waals surface area (Å²) in [5.41, 5.74) is 0.561. The molecule has 3 heterocycles. The molecule has 2 aromatic heterocycles. The quantitative estimate of drug-likeness (QED) is 0.783. The number of piperidine rings is 1. The number of esters is 1. The maximum absolute atomic E-state index is 11.9. The van der Waals surface area contributed by atoms with Crippen molar-refractivity contribution in [2.75, 3.05) is 19.7 Å². The molecule has 0 aliphatic carbocycles. The summed E-state index contributed by atoms with van der Waals surface area (Å²) in [6, 6.07) is 1.49. The number of hydrogen-bond acceptors (Lipinski definition) is 6. The van der Waals surface area contributed by atoms with Gasteiger partial charge >= 0.3 is 5.97 Å². The minimum atomic E-state index is -0.145. The number of carbonyl (C=O) groups is 1. The number of nitrogens with one attached hydrogen (secondary N) is 1. The van der Waals surface area contributed by atoms with Gasteiger partial charge in [0.2, 0.25) is 4.96 Å². The molecule has 8 heteroatoms. The number of rotatable bonds is 4. The number of aryl methyl sites for hydroxylation is 1. The van der Waals surface area contributed by atoms with E-state index in [1.807, 2.05) is 6.92 Å². The molecule has 1 aliphatic rings. The first-order valence-corrected chi connectivity index (χ1v) is 8.75. The normalized spacial score (nSPS) is 21.5. The van der Waals surface area contributed by atoms with E-state index in [0.717, 1.165) is 30.9 Å². The van der Waals surface area contributed by atoms with Crippen molar-refractivity contribution in [3.8, 4) is 0 Å². The van der Waals surface area contributed by atoms with E-state index in [1.165, 1.54) is 26.8 Å². The number of hydrogen-bond donors (Lipinski definition) is 1. The molecule has 0 radical (unpaired) electrons. The lowest BCUT2D eigenvalue weighted by molar-refractivity contribution is -0.921. The van der Waals surface area contributed by atoms with E-state index in [0.29, 0.717) is 23.8 Å². The van der Waals surface area contributed by atoms with Crippen molar-refractivity contribution in [2.45, 2.75) is 33.2 Å². The van der Waals surface area contributed by atoms with Gasteiger partial charge in [0.25, 0.3) is 5.56 Å². The Kier molecular flexibility index (Phi) is 4.72. The Labute approximate surface area is 137 Å². The lowest BCUT2D eigenvalue weighted by Crippen LogP contribution is -3.12. The van der Waals surface area contributed by atoms with Crippen LogP contribution in [0.4, 0.5) is 0 Å². The fraction of sp³-hybridized carbons (Fsp3) is 0.600. The molecule has 1 fully saturated rings. The highest BCUT2D eigenvalue weighted by Gasteiger charge is 2.30. The van der Waals surface area contributed by atoms with Gasteiger partial charge in [-0.25, -0.2) is 4.98 Å². The molecule has 7 nitrogen and oxygen atoms in total. The summed E-state index contributed by atoms with van der Waals surface area (Å²) in [7, 11) is 0. The average Bonchev–Trinajstić information content (AvgIpc) is 2.90. The second kappa shape index (κ2) is 6.76. The first-order valence-electron chi connectivity index (χ1n) is 7.93. The summed E-state index contributed by atoms with van der Waals surface area (Å²) in [6.07, 6.45) is 1.89. The van der Waals surface area contributed by atoms with Crippen molar-refractivity contribution in [3.63, 3.8) is 0 Å². The van der Waals surface area contributed by atoms with Gasteiger partial charge in [-0.3, -0.25) is 9.59 Å². The van der Waals surface area contributed by atoms with Crippen LogP contribution in [0.25, 0.3) is 4.96 Å². The molecular weight excluding hydrogens is 316 g/mol. The number of likely N-dealkylation sites (tertiary alicyclic amines) is 1. The zero-order valence-corrected chi connectivity index (χ0v) is 14.2. The largest absolute Gasteiger partial charge is 0.466 e. The van der Waals surface area contributed by atoms with Crippen molar-refractivity contribution in [2.24, 2.45) is 5.92 Å². The molecule has 0 aromatic carbocycles. The minimum absolute atomic E-state index is 0.0313. The highest BCUT2D eigenvalue weighted by molar-refractivity contribution is 7.16. The van der Waals surface area contributed by atoms with Crippen LogP contribution in [0.1, 0.15) is 30.5 Å². The molecule has 1 saturated heterocycles. The maximum Gasteiger partial charge on any atom is 0.314 e. The van der Waals surface area contributed by atoms with Crippen molar-refractivity contribution < 1.29 is 14.4 Å². The van der Waals surface area contributed by atoms with Gasteiger partial charge in [0.1, 0.15) is 12.5 Å². The van der Waals surface area contributed by atoms with Gasteiger partial charge in [-0.05, 0) is 26.7 Å². The van der Waals surface area contributed by atoms with Gasteiger partial charge in [-0.15, -0.1) is 0 Å². The first kappa shape index (κ1) is 16.1. The van der Waals surface area contributed by atoms with Crippen LogP contribution in [0, 0.1) is 12.8 Å². The zero-order chi connectivity index (χ0) is 16.4. The zero-order valence-electron chi connectivity index (χ0n) is 13.4. The van der Waals surface area contributed by atoms with E-state index in [-0.39, 0.29) is 17.4 Å². The molecule has 0 saturated carbocycles. The van der Waals surface area contributed by atoms with Gasteiger partial charge < -0.3 is 9.64 Å². The Balaban J connectivity index is 1.73. The number of ether oxygens (including phenoxy) is 1. The molecule has 1 N–H and O–H groups in total. The Bertz CT molecular complexity index is 770.